The van der Waals surface area contributed by atoms with Gasteiger partial charge >= 0.3 is 0 Å². The number of anilines is 2. The summed E-state index contributed by atoms with van der Waals surface area (Å²) in [5.74, 6) is 0.151. The van der Waals surface area contributed by atoms with Crippen LogP contribution in [-0.2, 0) is 22.6 Å². The van der Waals surface area contributed by atoms with Crippen LogP contribution in [0.15, 0.2) is 48.5 Å². The molecule has 1 saturated heterocycles. The van der Waals surface area contributed by atoms with Crippen LogP contribution in [0.1, 0.15) is 24.0 Å². The SMILES string of the molecule is Cl.Nc1ccc(CC(=O)NCc2ccc(N3CCCC3=O)cc2)cc1. The number of nitrogens with zero attached hydrogens (tertiary/aromatic N) is 1. The highest BCUT2D eigenvalue weighted by Gasteiger charge is 2.21. The lowest BCUT2D eigenvalue weighted by atomic mass is 10.1. The molecule has 2 aromatic carbocycles. The molecule has 0 radical (unpaired) electrons. The van der Waals surface area contributed by atoms with E-state index in [1.54, 1.807) is 12.1 Å². The lowest BCUT2D eigenvalue weighted by Crippen LogP contribution is -2.25. The van der Waals surface area contributed by atoms with Crippen molar-refractivity contribution in [2.24, 2.45) is 0 Å². The van der Waals surface area contributed by atoms with E-state index in [0.717, 1.165) is 29.8 Å². The van der Waals surface area contributed by atoms with Crippen molar-refractivity contribution in [1.82, 2.24) is 5.32 Å². The van der Waals surface area contributed by atoms with Gasteiger partial charge in [0.25, 0.3) is 0 Å². The third-order valence-corrected chi connectivity index (χ3v) is 4.16. The van der Waals surface area contributed by atoms with Gasteiger partial charge in [-0.05, 0) is 41.8 Å². The van der Waals surface area contributed by atoms with Crippen molar-refractivity contribution in [2.45, 2.75) is 25.8 Å². The molecule has 0 bridgehead atoms. The number of benzene rings is 2. The molecule has 1 heterocycles. The fourth-order valence-electron chi connectivity index (χ4n) is 2.80. The number of nitrogen functional groups attached to an aromatic ring is 1. The molecule has 0 unspecified atom stereocenters. The van der Waals surface area contributed by atoms with Crippen LogP contribution in [0.2, 0.25) is 0 Å². The number of rotatable bonds is 5. The Kier molecular flexibility index (Phi) is 6.42. The zero-order valence-electron chi connectivity index (χ0n) is 13.9. The second kappa shape index (κ2) is 8.53. The van der Waals surface area contributed by atoms with Crippen molar-refractivity contribution in [1.29, 1.82) is 0 Å². The van der Waals surface area contributed by atoms with Crippen LogP contribution < -0.4 is 16.0 Å². The second-order valence-electron chi connectivity index (χ2n) is 6.01. The predicted molar refractivity (Wildman–Crippen MR) is 102 cm³/mol. The summed E-state index contributed by atoms with van der Waals surface area (Å²) in [6.07, 6.45) is 1.88. The predicted octanol–water partition coefficient (Wildman–Crippen LogP) is 2.68. The maximum atomic E-state index is 12.0. The van der Waals surface area contributed by atoms with Gasteiger partial charge in [0.1, 0.15) is 0 Å². The number of nitrogens with one attached hydrogen (secondary N) is 1. The lowest BCUT2D eigenvalue weighted by Gasteiger charge is -2.16. The molecule has 2 amide bonds. The van der Waals surface area contributed by atoms with Crippen molar-refractivity contribution < 1.29 is 9.59 Å². The highest BCUT2D eigenvalue weighted by Crippen LogP contribution is 2.21. The molecular weight excluding hydrogens is 338 g/mol. The van der Waals surface area contributed by atoms with Crippen LogP contribution >= 0.6 is 12.4 Å². The van der Waals surface area contributed by atoms with Gasteiger partial charge in [-0.1, -0.05) is 24.3 Å². The number of carbonyl (C=O) groups is 2. The third-order valence-electron chi connectivity index (χ3n) is 4.16. The van der Waals surface area contributed by atoms with E-state index in [4.69, 9.17) is 5.73 Å². The average molecular weight is 360 g/mol. The number of hydrogen-bond acceptors (Lipinski definition) is 3. The molecule has 1 aliphatic heterocycles. The molecule has 3 rings (SSSR count). The molecule has 0 spiro atoms. The van der Waals surface area contributed by atoms with Crippen molar-refractivity contribution in [3.8, 4) is 0 Å². The summed E-state index contributed by atoms with van der Waals surface area (Å²) in [4.78, 5) is 25.5. The maximum Gasteiger partial charge on any atom is 0.227 e. The summed E-state index contributed by atoms with van der Waals surface area (Å²) in [6, 6.07) is 15.1. The fraction of sp³-hybridized carbons (Fsp3) is 0.263. The van der Waals surface area contributed by atoms with Crippen molar-refractivity contribution in [3.05, 3.63) is 59.7 Å². The molecular formula is C19H22ClN3O2. The summed E-state index contributed by atoms with van der Waals surface area (Å²) < 4.78 is 0. The molecule has 0 aliphatic carbocycles. The molecule has 1 fully saturated rings. The normalized spacial score (nSPS) is 13.4. The van der Waals surface area contributed by atoms with Gasteiger partial charge in [0.05, 0.1) is 6.42 Å². The Morgan fingerprint density at radius 1 is 1.04 bits per heavy atom. The van der Waals surface area contributed by atoms with E-state index in [9.17, 15) is 9.59 Å². The van der Waals surface area contributed by atoms with Crippen LogP contribution in [0.5, 0.6) is 0 Å². The van der Waals surface area contributed by atoms with Crippen LogP contribution in [0.4, 0.5) is 11.4 Å². The second-order valence-corrected chi connectivity index (χ2v) is 6.01. The van der Waals surface area contributed by atoms with E-state index in [2.05, 4.69) is 5.32 Å². The molecule has 1 aliphatic rings. The number of hydrogen-bond donors (Lipinski definition) is 2. The molecule has 2 aromatic rings. The standard InChI is InChI=1S/C19H21N3O2.ClH/c20-16-7-3-14(4-8-16)12-18(23)21-13-15-5-9-17(10-6-15)22-11-1-2-19(22)24;/h3-10H,1-2,11-13,20H2,(H,21,23);1H. The van der Waals surface area contributed by atoms with E-state index >= 15 is 0 Å². The molecule has 132 valence electrons. The number of nitrogens with two attached hydrogens (primary N) is 1. The van der Waals surface area contributed by atoms with Crippen LogP contribution in [0.3, 0.4) is 0 Å². The van der Waals surface area contributed by atoms with Crippen LogP contribution in [0.25, 0.3) is 0 Å². The first kappa shape index (κ1) is 18.8. The van der Waals surface area contributed by atoms with Gasteiger partial charge in [-0.3, -0.25) is 9.59 Å². The Balaban J connectivity index is 0.00000225. The molecule has 0 atom stereocenters. The summed E-state index contributed by atoms with van der Waals surface area (Å²) in [6.45, 7) is 1.26. The van der Waals surface area contributed by atoms with Crippen LogP contribution in [-0.4, -0.2) is 18.4 Å². The summed E-state index contributed by atoms with van der Waals surface area (Å²) >= 11 is 0. The van der Waals surface area contributed by atoms with Gasteiger partial charge in [0, 0.05) is 30.9 Å². The first-order valence-electron chi connectivity index (χ1n) is 8.12. The van der Waals surface area contributed by atoms with Gasteiger partial charge in [-0.25, -0.2) is 0 Å². The quantitative estimate of drug-likeness (QED) is 0.806. The van der Waals surface area contributed by atoms with Crippen molar-refractivity contribution in [2.75, 3.05) is 17.2 Å². The zero-order chi connectivity index (χ0) is 16.9. The highest BCUT2D eigenvalue weighted by molar-refractivity contribution is 5.95. The highest BCUT2D eigenvalue weighted by atomic mass is 35.5. The minimum absolute atomic E-state index is 0. The summed E-state index contributed by atoms with van der Waals surface area (Å²) in [5, 5.41) is 2.91. The Bertz CT molecular complexity index is 729. The van der Waals surface area contributed by atoms with E-state index in [0.29, 0.717) is 25.1 Å². The molecule has 25 heavy (non-hydrogen) atoms. The van der Waals surface area contributed by atoms with E-state index in [1.807, 2.05) is 41.3 Å². The molecule has 3 N–H and O–H groups in total. The molecule has 6 heteroatoms. The largest absolute Gasteiger partial charge is 0.399 e. The van der Waals surface area contributed by atoms with E-state index < -0.39 is 0 Å². The van der Waals surface area contributed by atoms with Crippen molar-refractivity contribution in [3.63, 3.8) is 0 Å². The first-order chi connectivity index (χ1) is 11.6. The molecule has 5 nitrogen and oxygen atoms in total. The molecule has 0 aromatic heterocycles. The summed E-state index contributed by atoms with van der Waals surface area (Å²) in [7, 11) is 0. The van der Waals surface area contributed by atoms with Gasteiger partial charge in [0.2, 0.25) is 11.8 Å². The maximum absolute atomic E-state index is 12.0. The van der Waals surface area contributed by atoms with Gasteiger partial charge < -0.3 is 16.0 Å². The van der Waals surface area contributed by atoms with Crippen LogP contribution in [0, 0.1) is 0 Å². The minimum Gasteiger partial charge on any atom is -0.399 e. The zero-order valence-corrected chi connectivity index (χ0v) is 14.7. The Labute approximate surface area is 153 Å². The Hall–Kier alpha value is -2.53. The monoisotopic (exact) mass is 359 g/mol. The van der Waals surface area contributed by atoms with E-state index in [1.165, 1.54) is 0 Å². The third kappa shape index (κ3) is 4.97. The van der Waals surface area contributed by atoms with E-state index in [-0.39, 0.29) is 24.2 Å². The number of amides is 2. The Morgan fingerprint density at radius 3 is 2.28 bits per heavy atom. The Morgan fingerprint density at radius 2 is 1.68 bits per heavy atom. The van der Waals surface area contributed by atoms with Gasteiger partial charge in [0.15, 0.2) is 0 Å². The molecule has 0 saturated carbocycles. The van der Waals surface area contributed by atoms with Gasteiger partial charge in [-0.2, -0.15) is 0 Å². The first-order valence-corrected chi connectivity index (χ1v) is 8.12. The fourth-order valence-corrected chi connectivity index (χ4v) is 2.80. The van der Waals surface area contributed by atoms with Gasteiger partial charge in [-0.15, -0.1) is 12.4 Å². The summed E-state index contributed by atoms with van der Waals surface area (Å²) in [5.41, 5.74) is 9.19. The number of carbonyl (C=O) groups excluding carboxylic acids is 2. The lowest BCUT2D eigenvalue weighted by molar-refractivity contribution is -0.120. The topological polar surface area (TPSA) is 75.4 Å². The average Bonchev–Trinajstić information content (AvgIpc) is 3.02. The number of halogens is 1. The van der Waals surface area contributed by atoms with Crippen molar-refractivity contribution >= 4 is 35.6 Å². The smallest absolute Gasteiger partial charge is 0.227 e. The minimum atomic E-state index is -0.0291.